The van der Waals surface area contributed by atoms with E-state index >= 15 is 0 Å². The highest BCUT2D eigenvalue weighted by Gasteiger charge is 2.15. The summed E-state index contributed by atoms with van der Waals surface area (Å²) in [6, 6.07) is 10.8. The van der Waals surface area contributed by atoms with E-state index in [1.54, 1.807) is 0 Å². The molecule has 0 spiro atoms. The number of hydrogen-bond donors (Lipinski definition) is 1. The predicted octanol–water partition coefficient (Wildman–Crippen LogP) is 3.19. The molecule has 3 nitrogen and oxygen atoms in total. The summed E-state index contributed by atoms with van der Waals surface area (Å²) >= 11 is 0. The summed E-state index contributed by atoms with van der Waals surface area (Å²) in [5, 5.41) is 12.5. The zero-order valence-corrected chi connectivity index (χ0v) is 13.4. The van der Waals surface area contributed by atoms with Gasteiger partial charge in [0.25, 0.3) is 0 Å². The van der Waals surface area contributed by atoms with Gasteiger partial charge in [0, 0.05) is 18.6 Å². The first kappa shape index (κ1) is 16.7. The van der Waals surface area contributed by atoms with Crippen molar-refractivity contribution in [2.45, 2.75) is 39.3 Å². The van der Waals surface area contributed by atoms with Crippen LogP contribution in [0.2, 0.25) is 0 Å². The van der Waals surface area contributed by atoms with E-state index in [0.717, 1.165) is 12.1 Å². The molecule has 0 aromatic heterocycles. The zero-order chi connectivity index (χ0) is 15.1. The fourth-order valence-electron chi connectivity index (χ4n) is 2.33. The molecule has 1 N–H and O–H groups in total. The molecule has 0 bridgehead atoms. The highest BCUT2D eigenvalue weighted by atomic mass is 15.1. The van der Waals surface area contributed by atoms with Crippen LogP contribution in [0.3, 0.4) is 0 Å². The molecule has 110 valence electrons. The lowest BCUT2D eigenvalue weighted by molar-refractivity contribution is 0.242. The molecule has 1 aromatic rings. The quantitative estimate of drug-likeness (QED) is 0.829. The molecular formula is C17H27N3. The van der Waals surface area contributed by atoms with Crippen LogP contribution in [0, 0.1) is 17.2 Å². The molecule has 1 aromatic carbocycles. The average Bonchev–Trinajstić information content (AvgIpc) is 2.42. The van der Waals surface area contributed by atoms with Crippen LogP contribution in [0.4, 0.5) is 0 Å². The summed E-state index contributed by atoms with van der Waals surface area (Å²) < 4.78 is 0. The lowest BCUT2D eigenvalue weighted by atomic mass is 10.0. The van der Waals surface area contributed by atoms with Crippen molar-refractivity contribution in [2.24, 2.45) is 5.92 Å². The normalized spacial score (nSPS) is 14.3. The Kier molecular flexibility index (Phi) is 6.70. The maximum absolute atomic E-state index is 8.96. The molecule has 0 saturated carbocycles. The minimum atomic E-state index is 0.262. The van der Waals surface area contributed by atoms with Crippen molar-refractivity contribution in [3.63, 3.8) is 0 Å². The van der Waals surface area contributed by atoms with Crippen LogP contribution >= 0.6 is 0 Å². The van der Waals surface area contributed by atoms with Gasteiger partial charge in [-0.2, -0.15) is 5.26 Å². The molecular weight excluding hydrogens is 246 g/mol. The van der Waals surface area contributed by atoms with E-state index in [2.05, 4.69) is 57.2 Å². The van der Waals surface area contributed by atoms with Gasteiger partial charge in [0.05, 0.1) is 11.6 Å². The van der Waals surface area contributed by atoms with E-state index in [9.17, 15) is 0 Å². The van der Waals surface area contributed by atoms with Gasteiger partial charge in [-0.3, -0.25) is 0 Å². The minimum Gasteiger partial charge on any atom is -0.309 e. The predicted molar refractivity (Wildman–Crippen MR) is 84.5 cm³/mol. The average molecular weight is 273 g/mol. The third kappa shape index (κ3) is 5.32. The number of likely N-dealkylation sites (N-methyl/N-ethyl adjacent to an activating group) is 1. The third-order valence-corrected chi connectivity index (χ3v) is 3.65. The number of nitrogens with zero attached hydrogens (tertiary/aromatic N) is 2. The van der Waals surface area contributed by atoms with Gasteiger partial charge in [0.15, 0.2) is 0 Å². The smallest absolute Gasteiger partial charge is 0.0991 e. The lowest BCUT2D eigenvalue weighted by Crippen LogP contribution is -2.39. The van der Waals surface area contributed by atoms with Crippen molar-refractivity contribution in [2.75, 3.05) is 20.6 Å². The van der Waals surface area contributed by atoms with E-state index in [4.69, 9.17) is 5.26 Å². The van der Waals surface area contributed by atoms with E-state index in [1.165, 1.54) is 12.0 Å². The lowest BCUT2D eigenvalue weighted by Gasteiger charge is -2.28. The monoisotopic (exact) mass is 273 g/mol. The second kappa shape index (κ2) is 8.04. The van der Waals surface area contributed by atoms with E-state index in [-0.39, 0.29) is 6.04 Å². The first-order valence-electron chi connectivity index (χ1n) is 7.34. The second-order valence-corrected chi connectivity index (χ2v) is 6.11. The molecule has 1 rings (SSSR count). The SMILES string of the molecule is CC(C)CC(CNC(C)c1cccc(C#N)c1)N(C)C. The van der Waals surface area contributed by atoms with Gasteiger partial charge in [-0.05, 0) is 51.1 Å². The Bertz CT molecular complexity index is 446. The van der Waals surface area contributed by atoms with Gasteiger partial charge in [-0.1, -0.05) is 26.0 Å². The van der Waals surface area contributed by atoms with Crippen molar-refractivity contribution in [3.05, 3.63) is 35.4 Å². The van der Waals surface area contributed by atoms with Crippen molar-refractivity contribution in [3.8, 4) is 6.07 Å². The van der Waals surface area contributed by atoms with Gasteiger partial charge in [0.1, 0.15) is 0 Å². The summed E-state index contributed by atoms with van der Waals surface area (Å²) in [7, 11) is 4.27. The van der Waals surface area contributed by atoms with E-state index in [1.807, 2.05) is 18.2 Å². The Morgan fingerprint density at radius 3 is 2.50 bits per heavy atom. The number of nitriles is 1. The molecule has 20 heavy (non-hydrogen) atoms. The van der Waals surface area contributed by atoms with Gasteiger partial charge in [-0.15, -0.1) is 0 Å². The number of rotatable bonds is 7. The molecule has 0 aliphatic heterocycles. The van der Waals surface area contributed by atoms with E-state index < -0.39 is 0 Å². The van der Waals surface area contributed by atoms with Crippen molar-refractivity contribution in [1.29, 1.82) is 5.26 Å². The Labute approximate surface area is 123 Å². The second-order valence-electron chi connectivity index (χ2n) is 6.11. The minimum absolute atomic E-state index is 0.262. The molecule has 0 amide bonds. The summed E-state index contributed by atoms with van der Waals surface area (Å²) in [6.45, 7) is 7.63. The van der Waals surface area contributed by atoms with E-state index in [0.29, 0.717) is 12.0 Å². The van der Waals surface area contributed by atoms with Gasteiger partial charge in [0.2, 0.25) is 0 Å². The summed E-state index contributed by atoms with van der Waals surface area (Å²) in [4.78, 5) is 2.28. The fourth-order valence-corrected chi connectivity index (χ4v) is 2.33. The molecule has 3 heteroatoms. The molecule has 0 saturated heterocycles. The van der Waals surface area contributed by atoms with Crippen LogP contribution in [0.1, 0.15) is 44.4 Å². The fraction of sp³-hybridized carbons (Fsp3) is 0.588. The third-order valence-electron chi connectivity index (χ3n) is 3.65. The van der Waals surface area contributed by atoms with Crippen LogP contribution < -0.4 is 5.32 Å². The van der Waals surface area contributed by atoms with Crippen LogP contribution in [0.5, 0.6) is 0 Å². The zero-order valence-electron chi connectivity index (χ0n) is 13.4. The van der Waals surface area contributed by atoms with Crippen LogP contribution in [0.25, 0.3) is 0 Å². The Morgan fingerprint density at radius 2 is 1.95 bits per heavy atom. The summed E-state index contributed by atoms with van der Waals surface area (Å²) in [6.07, 6.45) is 1.19. The van der Waals surface area contributed by atoms with Crippen molar-refractivity contribution in [1.82, 2.24) is 10.2 Å². The first-order valence-corrected chi connectivity index (χ1v) is 7.34. The molecule has 0 radical (unpaired) electrons. The summed E-state index contributed by atoms with van der Waals surface area (Å²) in [5.41, 5.74) is 1.90. The summed E-state index contributed by atoms with van der Waals surface area (Å²) in [5.74, 6) is 0.696. The molecule has 0 fully saturated rings. The van der Waals surface area contributed by atoms with Gasteiger partial charge in [-0.25, -0.2) is 0 Å². The standard InChI is InChI=1S/C17H27N3/c1-13(2)9-17(20(4)5)12-19-14(3)16-8-6-7-15(10-16)11-18/h6-8,10,13-14,17,19H,9,12H2,1-5H3. The van der Waals surface area contributed by atoms with Gasteiger partial charge < -0.3 is 10.2 Å². The molecule has 0 aliphatic carbocycles. The molecule has 2 atom stereocenters. The van der Waals surface area contributed by atoms with Gasteiger partial charge >= 0.3 is 0 Å². The van der Waals surface area contributed by atoms with Crippen molar-refractivity contribution >= 4 is 0 Å². The van der Waals surface area contributed by atoms with Crippen LogP contribution in [-0.4, -0.2) is 31.6 Å². The van der Waals surface area contributed by atoms with Crippen LogP contribution in [-0.2, 0) is 0 Å². The highest BCUT2D eigenvalue weighted by Crippen LogP contribution is 2.15. The number of nitrogens with one attached hydrogen (secondary N) is 1. The topological polar surface area (TPSA) is 39.1 Å². The maximum atomic E-state index is 8.96. The largest absolute Gasteiger partial charge is 0.309 e. The number of benzene rings is 1. The Balaban J connectivity index is 2.60. The maximum Gasteiger partial charge on any atom is 0.0991 e. The first-order chi connectivity index (χ1) is 9.43. The van der Waals surface area contributed by atoms with Crippen molar-refractivity contribution < 1.29 is 0 Å². The number of hydrogen-bond acceptors (Lipinski definition) is 3. The van der Waals surface area contributed by atoms with Crippen LogP contribution in [0.15, 0.2) is 24.3 Å². The Morgan fingerprint density at radius 1 is 1.25 bits per heavy atom. The molecule has 2 unspecified atom stereocenters. The Hall–Kier alpha value is -1.37. The molecule has 0 aliphatic rings. The molecule has 0 heterocycles. The highest BCUT2D eigenvalue weighted by molar-refractivity contribution is 5.34.